The zero-order chi connectivity index (χ0) is 46.7. The molecular weight excluding hydrogens is 843 g/mol. The summed E-state index contributed by atoms with van der Waals surface area (Å²) in [6.45, 7) is -5.47. The summed E-state index contributed by atoms with van der Waals surface area (Å²) < 4.78 is 126. The molecule has 0 aliphatic rings. The van der Waals surface area contributed by atoms with E-state index in [1.165, 1.54) is 0 Å². The van der Waals surface area contributed by atoms with Crippen molar-refractivity contribution in [3.8, 4) is 0 Å². The molecule has 0 bridgehead atoms. The normalized spacial score (nSPS) is 11.8. The molecule has 0 heterocycles. The number of ether oxygens (including phenoxy) is 3. The van der Waals surface area contributed by atoms with Crippen molar-refractivity contribution < 1.29 is 91.9 Å². The van der Waals surface area contributed by atoms with Gasteiger partial charge in [-0.3, -0.25) is 4.55 Å². The number of carbonyl (C=O) groups excluding carboxylic acids is 3. The number of hydrogen-bond acceptors (Lipinski definition) is 13. The molecule has 30 heteroatoms. The lowest BCUT2D eigenvalue weighted by atomic mass is 9.72. The van der Waals surface area contributed by atoms with Crippen molar-refractivity contribution in [2.75, 3.05) is 19.8 Å². The van der Waals surface area contributed by atoms with Crippen LogP contribution >= 0.6 is 0 Å². The van der Waals surface area contributed by atoms with Crippen LogP contribution in [0.15, 0.2) is 0 Å². The molecule has 0 fully saturated rings. The molecule has 2 aromatic rings. The standard InChI is InChI=1S/C16H14B4F2O9S.C14H12B4F2O7S/c17-1-7-8(2-18)10(4-20)13(12(14(24)25)9(7)3-19)15(26)30-5-11(23)31-6-16(21,22)32(27,28)29;15-1-6-7(2-16)9(4-18)11(10(12(21)22)8(6)3-17)13(23)27-5-14(19,20)28(24,25)26/h1-6H2,(H,24,25)(H,27,28,29);1-5H2,(H,21,22)(H,24,25,26)/p-1. The van der Waals surface area contributed by atoms with Gasteiger partial charge in [-0.1, -0.05) is 72.8 Å². The van der Waals surface area contributed by atoms with E-state index >= 15 is 0 Å². The van der Waals surface area contributed by atoms with Gasteiger partial charge in [0.2, 0.25) is 0 Å². The Bertz CT molecular complexity index is 2210. The maximum atomic E-state index is 13.3. The number of halogens is 4. The number of aromatic carboxylic acids is 2. The molecule has 0 aromatic heterocycles. The first-order valence-electron chi connectivity index (χ1n) is 16.3. The number of esters is 3. The van der Waals surface area contributed by atoms with Crippen molar-refractivity contribution in [3.63, 3.8) is 0 Å². The van der Waals surface area contributed by atoms with Gasteiger partial charge in [-0.2, -0.15) is 26.0 Å². The summed E-state index contributed by atoms with van der Waals surface area (Å²) in [6.07, 6.45) is -2.34. The number of alkyl halides is 4. The third-order valence-corrected chi connectivity index (χ3v) is 9.92. The average molecular weight is 868 g/mol. The third-order valence-electron chi connectivity index (χ3n) is 8.20. The Morgan fingerprint density at radius 1 is 0.500 bits per heavy atom. The molecule has 2 aromatic carbocycles. The summed E-state index contributed by atoms with van der Waals surface area (Å²) in [4.78, 5) is 60.1. The molecule has 0 aliphatic heterocycles. The highest BCUT2D eigenvalue weighted by Crippen LogP contribution is 2.32. The van der Waals surface area contributed by atoms with Crippen LogP contribution in [0, 0.1) is 0 Å². The molecule has 306 valence electrons. The van der Waals surface area contributed by atoms with E-state index in [0.29, 0.717) is 0 Å². The first-order valence-corrected chi connectivity index (χ1v) is 19.1. The SMILES string of the molecule is [B]Cc1c(C[B])c(C[B])c(C(=O)OCC(=O)OCC(F)(F)S(=O)(=O)[O-])c(C(=O)O)c1C[B].[B]Cc1c(C[B])c(C[B])c(C(=O)OCC(F)(F)S(=O)(=O)O)c(C(=O)O)c1C[B]. The van der Waals surface area contributed by atoms with E-state index in [-0.39, 0.29) is 88.7 Å². The predicted molar refractivity (Wildman–Crippen MR) is 205 cm³/mol. The van der Waals surface area contributed by atoms with Crippen LogP contribution in [0.5, 0.6) is 0 Å². The van der Waals surface area contributed by atoms with Crippen LogP contribution in [0.25, 0.3) is 0 Å². The lowest BCUT2D eigenvalue weighted by Gasteiger charge is -2.23. The molecule has 60 heavy (non-hydrogen) atoms. The summed E-state index contributed by atoms with van der Waals surface area (Å²) in [5.41, 5.74) is -1.81. The Hall–Kier alpha value is -4.15. The Kier molecular flexibility index (Phi) is 19.8. The molecule has 0 aliphatic carbocycles. The highest BCUT2D eigenvalue weighted by Gasteiger charge is 2.46. The predicted octanol–water partition coefficient (Wildman–Crippen LogP) is -1.41. The molecular formula is C30H25B8F4O16S2-. The maximum absolute atomic E-state index is 13.3. The number of benzene rings is 2. The number of carboxylic acid groups (broad SMARTS) is 2. The van der Waals surface area contributed by atoms with Crippen LogP contribution in [-0.2, 0) is 89.8 Å². The summed E-state index contributed by atoms with van der Waals surface area (Å²) in [5, 5.41) is 9.44. The molecule has 16 nitrogen and oxygen atoms in total. The van der Waals surface area contributed by atoms with Crippen LogP contribution < -0.4 is 0 Å². The van der Waals surface area contributed by atoms with Crippen molar-refractivity contribution in [1.82, 2.24) is 0 Å². The van der Waals surface area contributed by atoms with Crippen molar-refractivity contribution in [1.29, 1.82) is 0 Å². The largest absolute Gasteiger partial charge is 0.743 e. The van der Waals surface area contributed by atoms with Gasteiger partial charge in [-0.05, 0) is 22.3 Å². The minimum atomic E-state index is -6.10. The van der Waals surface area contributed by atoms with Gasteiger partial charge in [0, 0.05) is 0 Å². The van der Waals surface area contributed by atoms with Gasteiger partial charge < -0.3 is 29.0 Å². The van der Waals surface area contributed by atoms with Crippen molar-refractivity contribution >= 4 is 113 Å². The van der Waals surface area contributed by atoms with Crippen molar-refractivity contribution in [3.05, 3.63) is 66.8 Å². The minimum Gasteiger partial charge on any atom is -0.743 e. The lowest BCUT2D eigenvalue weighted by Crippen LogP contribution is -2.35. The van der Waals surface area contributed by atoms with Gasteiger partial charge in [0.25, 0.3) is 0 Å². The zero-order valence-corrected chi connectivity index (χ0v) is 32.5. The first-order chi connectivity index (χ1) is 27.6. The summed E-state index contributed by atoms with van der Waals surface area (Å²) in [7, 11) is 33.1. The zero-order valence-electron chi connectivity index (χ0n) is 30.9. The first kappa shape index (κ1) is 53.9. The molecule has 0 saturated carbocycles. The molecule has 0 atom stereocenters. The smallest absolute Gasteiger partial charge is 0.402 e. The number of carbonyl (C=O) groups is 5. The van der Waals surface area contributed by atoms with Crippen LogP contribution in [0.4, 0.5) is 17.6 Å². The van der Waals surface area contributed by atoms with Gasteiger partial charge in [-0.25, -0.2) is 32.4 Å². The van der Waals surface area contributed by atoms with E-state index in [0.717, 1.165) is 0 Å². The van der Waals surface area contributed by atoms with E-state index in [9.17, 15) is 73.1 Å². The third kappa shape index (κ3) is 12.2. The second-order valence-electron chi connectivity index (χ2n) is 11.6. The highest BCUT2D eigenvalue weighted by molar-refractivity contribution is 7.87. The second kappa shape index (κ2) is 22.1. The minimum absolute atomic E-state index is 0.0209. The van der Waals surface area contributed by atoms with Crippen molar-refractivity contribution in [2.45, 2.75) is 61.1 Å². The maximum Gasteiger partial charge on any atom is 0.402 e. The van der Waals surface area contributed by atoms with Gasteiger partial charge >= 0.3 is 50.5 Å². The molecule has 0 saturated heterocycles. The van der Waals surface area contributed by atoms with Crippen LogP contribution in [-0.4, -0.2) is 159 Å². The fourth-order valence-electron chi connectivity index (χ4n) is 5.52. The molecule has 0 amide bonds. The lowest BCUT2D eigenvalue weighted by molar-refractivity contribution is -0.153. The van der Waals surface area contributed by atoms with Gasteiger partial charge in [0.1, 0.15) is 0 Å². The van der Waals surface area contributed by atoms with E-state index in [4.69, 9.17) is 67.3 Å². The van der Waals surface area contributed by atoms with E-state index in [1.54, 1.807) is 0 Å². The van der Waals surface area contributed by atoms with Gasteiger partial charge in [-0.15, -0.1) is 0 Å². The van der Waals surface area contributed by atoms with E-state index in [1.807, 2.05) is 0 Å². The summed E-state index contributed by atoms with van der Waals surface area (Å²) in [5.74, 6) is -7.86. The number of hydrogen-bond donors (Lipinski definition) is 3. The van der Waals surface area contributed by atoms with Gasteiger partial charge in [0.15, 0.2) is 29.9 Å². The Balaban J connectivity index is 0.000000605. The van der Waals surface area contributed by atoms with E-state index in [2.05, 4.69) is 14.2 Å². The average Bonchev–Trinajstić information content (AvgIpc) is 3.17. The molecule has 0 unspecified atom stereocenters. The van der Waals surface area contributed by atoms with Crippen LogP contribution in [0.1, 0.15) is 85.9 Å². The van der Waals surface area contributed by atoms with Gasteiger partial charge in [0.05, 0.1) is 85.0 Å². The second-order valence-corrected chi connectivity index (χ2v) is 14.6. The highest BCUT2D eigenvalue weighted by atomic mass is 32.2. The van der Waals surface area contributed by atoms with Crippen LogP contribution in [0.2, 0.25) is 0 Å². The Morgan fingerprint density at radius 2 is 0.783 bits per heavy atom. The Morgan fingerprint density at radius 3 is 1.05 bits per heavy atom. The monoisotopic (exact) mass is 869 g/mol. The quantitative estimate of drug-likeness (QED) is 0.0454. The molecule has 16 radical (unpaired) electrons. The van der Waals surface area contributed by atoms with Crippen molar-refractivity contribution in [2.24, 2.45) is 0 Å². The molecule has 2 rings (SSSR count). The summed E-state index contributed by atoms with van der Waals surface area (Å²) >= 11 is 0. The topological polar surface area (TPSA) is 265 Å². The summed E-state index contributed by atoms with van der Waals surface area (Å²) in [6, 6.07) is 0. The van der Waals surface area contributed by atoms with Crippen LogP contribution in [0.3, 0.4) is 0 Å². The molecule has 3 N–H and O–H groups in total. The fraction of sp³-hybridized carbons (Fsp3) is 0.433. The number of carboxylic acids is 2. The Labute approximate surface area is 351 Å². The molecule has 0 spiro atoms. The fourth-order valence-corrected chi connectivity index (χ4v) is 5.93. The number of rotatable bonds is 20. The van der Waals surface area contributed by atoms with E-state index < -0.39 is 109 Å².